The van der Waals surface area contributed by atoms with Crippen molar-refractivity contribution in [2.45, 2.75) is 57.5 Å². The van der Waals surface area contributed by atoms with Gasteiger partial charge in [0.2, 0.25) is 0 Å². The van der Waals surface area contributed by atoms with E-state index >= 15 is 0 Å². The van der Waals surface area contributed by atoms with E-state index in [1.54, 1.807) is 13.0 Å². The minimum atomic E-state index is -0.719. The highest BCUT2D eigenvalue weighted by Gasteiger charge is 2.43. The number of fused-ring (bicyclic) bond motifs is 1. The first-order valence-corrected chi connectivity index (χ1v) is 6.77. The number of hydrogen-bond donors (Lipinski definition) is 1. The van der Waals surface area contributed by atoms with Crippen LogP contribution in [-0.2, 0) is 9.53 Å². The number of rotatable bonds is 2. The van der Waals surface area contributed by atoms with Gasteiger partial charge in [0.1, 0.15) is 0 Å². The first-order chi connectivity index (χ1) is 8.16. The van der Waals surface area contributed by atoms with E-state index in [0.717, 1.165) is 44.1 Å². The molecule has 0 unspecified atom stereocenters. The molecule has 0 spiro atoms. The molecule has 0 aliphatic heterocycles. The quantitative estimate of drug-likeness (QED) is 0.594. The van der Waals surface area contributed by atoms with Crippen LogP contribution >= 0.6 is 0 Å². The number of hydrogen-bond acceptors (Lipinski definition) is 3. The first-order valence-electron chi connectivity index (χ1n) is 6.77. The van der Waals surface area contributed by atoms with E-state index in [0.29, 0.717) is 12.5 Å². The third kappa shape index (κ3) is 2.54. The number of carbonyl (C=O) groups is 1. The summed E-state index contributed by atoms with van der Waals surface area (Å²) in [4.78, 5) is 11.5. The van der Waals surface area contributed by atoms with E-state index in [2.05, 4.69) is 0 Å². The lowest BCUT2D eigenvalue weighted by atomic mass is 9.65. The molecule has 0 aromatic carbocycles. The van der Waals surface area contributed by atoms with Gasteiger partial charge in [-0.2, -0.15) is 0 Å². The van der Waals surface area contributed by atoms with Gasteiger partial charge in [-0.1, -0.05) is 12.8 Å². The molecular formula is C14H22O3. The van der Waals surface area contributed by atoms with Crippen LogP contribution in [0.5, 0.6) is 0 Å². The van der Waals surface area contributed by atoms with Crippen molar-refractivity contribution in [3.8, 4) is 0 Å². The topological polar surface area (TPSA) is 46.5 Å². The maximum absolute atomic E-state index is 11.5. The summed E-state index contributed by atoms with van der Waals surface area (Å²) in [5.74, 6) is 0.0489. The fourth-order valence-electron chi connectivity index (χ4n) is 3.31. The molecule has 17 heavy (non-hydrogen) atoms. The summed E-state index contributed by atoms with van der Waals surface area (Å²) < 4.78 is 4.94. The van der Waals surface area contributed by atoms with Crippen LogP contribution in [0.25, 0.3) is 0 Å². The Balaban J connectivity index is 2.17. The molecule has 0 bridgehead atoms. The van der Waals surface area contributed by atoms with E-state index in [1.165, 1.54) is 6.42 Å². The van der Waals surface area contributed by atoms with Gasteiger partial charge in [-0.15, -0.1) is 0 Å². The lowest BCUT2D eigenvalue weighted by Gasteiger charge is -2.45. The number of ether oxygens (including phenoxy) is 1. The molecular weight excluding hydrogens is 216 g/mol. The summed E-state index contributed by atoms with van der Waals surface area (Å²) in [7, 11) is 0. The Kier molecular flexibility index (Phi) is 3.87. The Bertz CT molecular complexity index is 319. The maximum atomic E-state index is 11.5. The molecule has 0 aromatic heterocycles. The monoisotopic (exact) mass is 238 g/mol. The smallest absolute Gasteiger partial charge is 0.330 e. The summed E-state index contributed by atoms with van der Waals surface area (Å²) in [5, 5.41) is 10.8. The van der Waals surface area contributed by atoms with Crippen LogP contribution in [0, 0.1) is 5.92 Å². The van der Waals surface area contributed by atoms with Crippen LogP contribution in [0.4, 0.5) is 0 Å². The van der Waals surface area contributed by atoms with Gasteiger partial charge in [-0.25, -0.2) is 4.79 Å². The van der Waals surface area contributed by atoms with Crippen LogP contribution in [0.2, 0.25) is 0 Å². The highest BCUT2D eigenvalue weighted by Crippen LogP contribution is 2.46. The Morgan fingerprint density at radius 1 is 1.47 bits per heavy atom. The third-order valence-electron chi connectivity index (χ3n) is 4.17. The molecule has 0 amide bonds. The average molecular weight is 238 g/mol. The molecule has 0 heterocycles. The van der Waals surface area contributed by atoms with Gasteiger partial charge >= 0.3 is 5.97 Å². The van der Waals surface area contributed by atoms with Gasteiger partial charge in [-0.3, -0.25) is 0 Å². The van der Waals surface area contributed by atoms with E-state index in [9.17, 15) is 9.90 Å². The van der Waals surface area contributed by atoms with Crippen LogP contribution in [0.1, 0.15) is 51.9 Å². The Hall–Kier alpha value is -0.830. The lowest BCUT2D eigenvalue weighted by molar-refractivity contribution is -0.137. The van der Waals surface area contributed by atoms with Gasteiger partial charge in [-0.05, 0) is 50.5 Å². The average Bonchev–Trinajstić information content (AvgIpc) is 2.30. The molecule has 0 aromatic rings. The molecule has 1 N–H and O–H groups in total. The summed E-state index contributed by atoms with van der Waals surface area (Å²) in [6.07, 6.45) is 8.73. The van der Waals surface area contributed by atoms with Gasteiger partial charge in [0.15, 0.2) is 0 Å². The maximum Gasteiger partial charge on any atom is 0.330 e. The van der Waals surface area contributed by atoms with Crippen LogP contribution < -0.4 is 0 Å². The molecule has 2 saturated carbocycles. The molecule has 0 radical (unpaired) electrons. The van der Waals surface area contributed by atoms with Crippen molar-refractivity contribution in [2.24, 2.45) is 5.92 Å². The van der Waals surface area contributed by atoms with Crippen molar-refractivity contribution >= 4 is 5.97 Å². The van der Waals surface area contributed by atoms with Crippen LogP contribution in [0.15, 0.2) is 11.6 Å². The van der Waals surface area contributed by atoms with E-state index in [1.807, 2.05) is 0 Å². The van der Waals surface area contributed by atoms with Gasteiger partial charge in [0.25, 0.3) is 0 Å². The predicted molar refractivity (Wildman–Crippen MR) is 65.5 cm³/mol. The zero-order valence-electron chi connectivity index (χ0n) is 10.6. The normalized spacial score (nSPS) is 35.4. The van der Waals surface area contributed by atoms with Crippen molar-refractivity contribution in [1.82, 2.24) is 0 Å². The first kappa shape index (κ1) is 12.6. The number of aliphatic hydroxyl groups is 1. The van der Waals surface area contributed by atoms with Crippen molar-refractivity contribution in [3.05, 3.63) is 11.6 Å². The summed E-state index contributed by atoms with van der Waals surface area (Å²) in [5.41, 5.74) is 0.190. The zero-order valence-corrected chi connectivity index (χ0v) is 10.6. The summed E-state index contributed by atoms with van der Waals surface area (Å²) >= 11 is 0. The molecule has 96 valence electrons. The highest BCUT2D eigenvalue weighted by molar-refractivity contribution is 5.83. The molecule has 2 aliphatic carbocycles. The minimum Gasteiger partial charge on any atom is -0.463 e. The molecule has 2 rings (SSSR count). The largest absolute Gasteiger partial charge is 0.463 e. The summed E-state index contributed by atoms with van der Waals surface area (Å²) in [6.45, 7) is 2.19. The van der Waals surface area contributed by atoms with Crippen molar-refractivity contribution in [2.75, 3.05) is 6.61 Å². The molecule has 3 heteroatoms. The fraction of sp³-hybridized carbons (Fsp3) is 0.786. The second-order valence-electron chi connectivity index (χ2n) is 5.18. The SMILES string of the molecule is CCOC(=O)/C=C1\CCC[C@@H]2CCCC[C@]12O. The predicted octanol–water partition coefficient (Wildman–Crippen LogP) is 2.58. The van der Waals surface area contributed by atoms with Crippen LogP contribution in [-0.4, -0.2) is 23.3 Å². The number of carbonyl (C=O) groups excluding carboxylic acids is 1. The lowest BCUT2D eigenvalue weighted by Crippen LogP contribution is -2.45. The van der Waals surface area contributed by atoms with Gasteiger partial charge < -0.3 is 9.84 Å². The molecule has 2 aliphatic rings. The standard InChI is InChI=1S/C14H22O3/c1-2-17-13(15)10-12-8-5-7-11-6-3-4-9-14(11,12)16/h10-11,16H,2-9H2,1H3/b12-10+/t11-,14+/m0/s1. The molecule has 2 atom stereocenters. The second kappa shape index (κ2) is 5.21. The molecule has 3 nitrogen and oxygen atoms in total. The van der Waals surface area contributed by atoms with E-state index < -0.39 is 5.60 Å². The van der Waals surface area contributed by atoms with Crippen molar-refractivity contribution in [1.29, 1.82) is 0 Å². The fourth-order valence-corrected chi connectivity index (χ4v) is 3.31. The Morgan fingerprint density at radius 3 is 3.00 bits per heavy atom. The van der Waals surface area contributed by atoms with Crippen molar-refractivity contribution < 1.29 is 14.6 Å². The van der Waals surface area contributed by atoms with Crippen molar-refractivity contribution in [3.63, 3.8) is 0 Å². The van der Waals surface area contributed by atoms with E-state index in [-0.39, 0.29) is 5.97 Å². The third-order valence-corrected chi connectivity index (χ3v) is 4.17. The minimum absolute atomic E-state index is 0.304. The Labute approximate surface area is 103 Å². The number of esters is 1. The van der Waals surface area contributed by atoms with Gasteiger partial charge in [0.05, 0.1) is 12.2 Å². The summed E-state index contributed by atoms with van der Waals surface area (Å²) in [6, 6.07) is 0. The van der Waals surface area contributed by atoms with Gasteiger partial charge in [0, 0.05) is 6.08 Å². The molecule has 0 saturated heterocycles. The van der Waals surface area contributed by atoms with Crippen LogP contribution in [0.3, 0.4) is 0 Å². The molecule has 2 fully saturated rings. The zero-order chi connectivity index (χ0) is 12.3. The highest BCUT2D eigenvalue weighted by atomic mass is 16.5. The Morgan fingerprint density at radius 2 is 2.24 bits per heavy atom. The second-order valence-corrected chi connectivity index (χ2v) is 5.18. The van der Waals surface area contributed by atoms with E-state index in [4.69, 9.17) is 4.74 Å².